The van der Waals surface area contributed by atoms with Crippen LogP contribution in [0.3, 0.4) is 0 Å². The van der Waals surface area contributed by atoms with Gasteiger partial charge >= 0.3 is 0 Å². The molecule has 4 heteroatoms. The van der Waals surface area contributed by atoms with Gasteiger partial charge in [0, 0.05) is 37.3 Å². The molecule has 3 rings (SSSR count). The molecule has 1 aromatic heterocycles. The monoisotopic (exact) mass is 299 g/mol. The zero-order valence-electron chi connectivity index (χ0n) is 12.6. The van der Waals surface area contributed by atoms with Crippen LogP contribution in [0.15, 0.2) is 46.5 Å². The second-order valence-corrected chi connectivity index (χ2v) is 6.47. The first-order chi connectivity index (χ1) is 10.2. The van der Waals surface area contributed by atoms with Gasteiger partial charge in [0.05, 0.1) is 5.69 Å². The maximum absolute atomic E-state index is 4.61. The highest BCUT2D eigenvalue weighted by Gasteiger charge is 2.16. The van der Waals surface area contributed by atoms with Crippen LogP contribution in [0.2, 0.25) is 0 Å². The number of pyridine rings is 1. The number of rotatable bonds is 3. The third kappa shape index (κ3) is 3.39. The van der Waals surface area contributed by atoms with Gasteiger partial charge in [0.2, 0.25) is 0 Å². The second-order valence-electron chi connectivity index (χ2n) is 5.44. The van der Waals surface area contributed by atoms with Gasteiger partial charge in [0.1, 0.15) is 5.03 Å². The minimum absolute atomic E-state index is 1.04. The lowest BCUT2D eigenvalue weighted by Gasteiger charge is -2.30. The predicted molar refractivity (Wildman–Crippen MR) is 89.4 cm³/mol. The van der Waals surface area contributed by atoms with Crippen molar-refractivity contribution >= 4 is 17.4 Å². The molecule has 1 N–H and O–H groups in total. The molecule has 3 nitrogen and oxygen atoms in total. The molecule has 2 aromatic rings. The molecule has 0 aliphatic carbocycles. The Kier molecular flexibility index (Phi) is 4.46. The SMILES string of the molecule is Cc1ccc(Sc2ncccc2N2CCNCC2)c(C)c1. The van der Waals surface area contributed by atoms with Crippen LogP contribution in [0.4, 0.5) is 5.69 Å². The average Bonchev–Trinajstić information content (AvgIpc) is 2.51. The molecule has 0 saturated carbocycles. The molecule has 1 aromatic carbocycles. The Balaban J connectivity index is 1.88. The van der Waals surface area contributed by atoms with E-state index in [9.17, 15) is 0 Å². The summed E-state index contributed by atoms with van der Waals surface area (Å²) in [6, 6.07) is 10.8. The molecule has 1 aliphatic heterocycles. The third-order valence-corrected chi connectivity index (χ3v) is 4.93. The highest BCUT2D eigenvalue weighted by atomic mass is 32.2. The van der Waals surface area contributed by atoms with Crippen molar-refractivity contribution in [1.29, 1.82) is 0 Å². The van der Waals surface area contributed by atoms with Gasteiger partial charge in [-0.3, -0.25) is 0 Å². The van der Waals surface area contributed by atoms with Crippen LogP contribution < -0.4 is 10.2 Å². The van der Waals surface area contributed by atoms with E-state index in [1.807, 2.05) is 12.3 Å². The fourth-order valence-electron chi connectivity index (χ4n) is 2.63. The summed E-state index contributed by atoms with van der Waals surface area (Å²) in [4.78, 5) is 8.33. The zero-order chi connectivity index (χ0) is 14.7. The van der Waals surface area contributed by atoms with Crippen molar-refractivity contribution in [1.82, 2.24) is 10.3 Å². The van der Waals surface area contributed by atoms with Crippen LogP contribution >= 0.6 is 11.8 Å². The Labute approximate surface area is 130 Å². The molecule has 21 heavy (non-hydrogen) atoms. The average molecular weight is 299 g/mol. The van der Waals surface area contributed by atoms with Gasteiger partial charge in [-0.05, 0) is 37.6 Å². The number of piperazine rings is 1. The van der Waals surface area contributed by atoms with E-state index in [1.165, 1.54) is 21.7 Å². The molecule has 110 valence electrons. The summed E-state index contributed by atoms with van der Waals surface area (Å²) in [7, 11) is 0. The lowest BCUT2D eigenvalue weighted by Crippen LogP contribution is -2.43. The highest BCUT2D eigenvalue weighted by molar-refractivity contribution is 7.99. The minimum Gasteiger partial charge on any atom is -0.367 e. The second kappa shape index (κ2) is 6.50. The largest absolute Gasteiger partial charge is 0.367 e. The molecular weight excluding hydrogens is 278 g/mol. The minimum atomic E-state index is 1.04. The molecule has 1 fully saturated rings. The first kappa shape index (κ1) is 14.4. The zero-order valence-corrected chi connectivity index (χ0v) is 13.4. The van der Waals surface area contributed by atoms with Gasteiger partial charge in [-0.15, -0.1) is 0 Å². The molecule has 0 spiro atoms. The number of hydrogen-bond acceptors (Lipinski definition) is 4. The maximum Gasteiger partial charge on any atom is 0.124 e. The van der Waals surface area contributed by atoms with Crippen molar-refractivity contribution in [2.75, 3.05) is 31.1 Å². The maximum atomic E-state index is 4.61. The predicted octanol–water partition coefficient (Wildman–Crippen LogP) is 3.26. The molecule has 2 heterocycles. The Bertz CT molecular complexity index is 621. The van der Waals surface area contributed by atoms with Crippen LogP contribution in [-0.4, -0.2) is 31.2 Å². The van der Waals surface area contributed by atoms with Crippen molar-refractivity contribution in [3.63, 3.8) is 0 Å². The first-order valence-electron chi connectivity index (χ1n) is 7.40. The molecule has 0 unspecified atom stereocenters. The van der Waals surface area contributed by atoms with E-state index in [0.717, 1.165) is 31.2 Å². The van der Waals surface area contributed by atoms with Crippen LogP contribution in [0.5, 0.6) is 0 Å². The molecule has 1 aliphatic rings. The summed E-state index contributed by atoms with van der Waals surface area (Å²) < 4.78 is 0. The van der Waals surface area contributed by atoms with Crippen LogP contribution in [0.25, 0.3) is 0 Å². The molecular formula is C17H21N3S. The van der Waals surface area contributed by atoms with Crippen molar-refractivity contribution in [3.8, 4) is 0 Å². The fraction of sp³-hybridized carbons (Fsp3) is 0.353. The summed E-state index contributed by atoms with van der Waals surface area (Å²) in [5, 5.41) is 4.50. The summed E-state index contributed by atoms with van der Waals surface area (Å²) >= 11 is 1.77. The van der Waals surface area contributed by atoms with E-state index >= 15 is 0 Å². The third-order valence-electron chi connectivity index (χ3n) is 3.75. The topological polar surface area (TPSA) is 28.2 Å². The highest BCUT2D eigenvalue weighted by Crippen LogP contribution is 2.35. The molecule has 0 bridgehead atoms. The molecule has 0 atom stereocenters. The van der Waals surface area contributed by atoms with Crippen molar-refractivity contribution in [2.24, 2.45) is 0 Å². The number of benzene rings is 1. The lowest BCUT2D eigenvalue weighted by atomic mass is 10.2. The Hall–Kier alpha value is -1.52. The van der Waals surface area contributed by atoms with E-state index in [-0.39, 0.29) is 0 Å². The van der Waals surface area contributed by atoms with Gasteiger partial charge < -0.3 is 10.2 Å². The van der Waals surface area contributed by atoms with E-state index in [2.05, 4.69) is 53.3 Å². The summed E-state index contributed by atoms with van der Waals surface area (Å²) in [5.74, 6) is 0. The summed E-state index contributed by atoms with van der Waals surface area (Å²) in [5.41, 5.74) is 3.88. The van der Waals surface area contributed by atoms with Gasteiger partial charge in [-0.2, -0.15) is 0 Å². The Morgan fingerprint density at radius 1 is 1.14 bits per heavy atom. The number of aromatic nitrogens is 1. The quantitative estimate of drug-likeness (QED) is 0.941. The van der Waals surface area contributed by atoms with Crippen LogP contribution in [-0.2, 0) is 0 Å². The smallest absolute Gasteiger partial charge is 0.124 e. The summed E-state index contributed by atoms with van der Waals surface area (Å²) in [6.45, 7) is 8.49. The van der Waals surface area contributed by atoms with Crippen LogP contribution in [0.1, 0.15) is 11.1 Å². The number of anilines is 1. The Morgan fingerprint density at radius 2 is 1.95 bits per heavy atom. The van der Waals surface area contributed by atoms with Crippen molar-refractivity contribution in [2.45, 2.75) is 23.8 Å². The van der Waals surface area contributed by atoms with E-state index in [0.29, 0.717) is 0 Å². The van der Waals surface area contributed by atoms with Gasteiger partial charge in [0.25, 0.3) is 0 Å². The van der Waals surface area contributed by atoms with Crippen LogP contribution in [0, 0.1) is 13.8 Å². The Morgan fingerprint density at radius 3 is 2.71 bits per heavy atom. The fourth-order valence-corrected chi connectivity index (χ4v) is 3.60. The molecule has 0 amide bonds. The number of aryl methyl sites for hydroxylation is 2. The number of nitrogens with zero attached hydrogens (tertiary/aromatic N) is 2. The van der Waals surface area contributed by atoms with E-state index in [4.69, 9.17) is 0 Å². The van der Waals surface area contributed by atoms with Crippen molar-refractivity contribution < 1.29 is 0 Å². The first-order valence-corrected chi connectivity index (χ1v) is 8.21. The molecule has 0 radical (unpaired) electrons. The van der Waals surface area contributed by atoms with Gasteiger partial charge in [-0.1, -0.05) is 29.5 Å². The normalized spacial score (nSPS) is 15.2. The lowest BCUT2D eigenvalue weighted by molar-refractivity contribution is 0.585. The van der Waals surface area contributed by atoms with E-state index in [1.54, 1.807) is 11.8 Å². The molecule has 1 saturated heterocycles. The van der Waals surface area contributed by atoms with Gasteiger partial charge in [0.15, 0.2) is 0 Å². The standard InChI is InChI=1S/C17H21N3S/c1-13-5-6-16(14(2)12-13)21-17-15(4-3-7-19-17)20-10-8-18-9-11-20/h3-7,12,18H,8-11H2,1-2H3. The van der Waals surface area contributed by atoms with Gasteiger partial charge in [-0.25, -0.2) is 4.98 Å². The number of nitrogens with one attached hydrogen (secondary N) is 1. The summed E-state index contributed by atoms with van der Waals surface area (Å²) in [6.07, 6.45) is 1.89. The van der Waals surface area contributed by atoms with Crippen molar-refractivity contribution in [3.05, 3.63) is 47.7 Å². The van der Waals surface area contributed by atoms with E-state index < -0.39 is 0 Å². The number of hydrogen-bond donors (Lipinski definition) is 1.